The number of phenolic OH excluding ortho intramolecular Hbond substituents is 1. The van der Waals surface area contributed by atoms with Gasteiger partial charge in [0.1, 0.15) is 25.3 Å². The molecule has 0 aromatic heterocycles. The molecule has 10 rings (SSSR count). The molecule has 410 valence electrons. The fraction of sp³-hybridized carbons (Fsp3) is 0. The summed E-state index contributed by atoms with van der Waals surface area (Å²) in [6.45, 7) is 0. The second kappa shape index (κ2) is 20.4. The van der Waals surface area contributed by atoms with Crippen molar-refractivity contribution in [2.24, 2.45) is 0 Å². The van der Waals surface area contributed by atoms with Crippen LogP contribution in [-0.2, 0) is 40.5 Å². The van der Waals surface area contributed by atoms with Crippen LogP contribution in [0.5, 0.6) is 51.7 Å². The molecule has 0 aliphatic rings. The second-order valence-electron chi connectivity index (χ2n) is 17.4. The molecule has 0 aliphatic carbocycles. The topological polar surface area (TPSA) is 416 Å². The molecule has 10 aromatic rings. The number of aromatic hydroxyl groups is 1. The molecule has 30 heteroatoms. The first-order valence-electron chi connectivity index (χ1n) is 23.1. The van der Waals surface area contributed by atoms with Crippen LogP contribution in [0.1, 0.15) is 15.9 Å². The van der Waals surface area contributed by atoms with E-state index in [1.54, 1.807) is 0 Å². The van der Waals surface area contributed by atoms with E-state index in [2.05, 4.69) is 19.9 Å². The van der Waals surface area contributed by atoms with Crippen LogP contribution in [0.15, 0.2) is 171 Å². The number of diazo groups is 4. The summed E-state index contributed by atoms with van der Waals surface area (Å²) in [5.41, 5.74) is -3.86. The number of carbonyl (C=O) groups is 1. The van der Waals surface area contributed by atoms with Gasteiger partial charge in [0.2, 0.25) is 33.1 Å². The Balaban J connectivity index is 1.14. The first-order valence-corrected chi connectivity index (χ1v) is 28.7. The van der Waals surface area contributed by atoms with Crippen LogP contribution in [0.2, 0.25) is 0 Å². The maximum absolute atomic E-state index is 15.0. The zero-order valence-corrected chi connectivity index (χ0v) is 44.3. The van der Waals surface area contributed by atoms with E-state index in [1.165, 1.54) is 18.2 Å². The zero-order valence-electron chi connectivity index (χ0n) is 41.0. The highest BCUT2D eigenvalue weighted by atomic mass is 32.2. The predicted molar refractivity (Wildman–Crippen MR) is 282 cm³/mol. The van der Waals surface area contributed by atoms with Crippen molar-refractivity contribution in [3.8, 4) is 51.7 Å². The minimum absolute atomic E-state index is 0.221. The van der Waals surface area contributed by atoms with Crippen LogP contribution in [-0.4, -0.2) is 44.6 Å². The van der Waals surface area contributed by atoms with Crippen molar-refractivity contribution in [3.05, 3.63) is 183 Å². The van der Waals surface area contributed by atoms with Crippen LogP contribution >= 0.6 is 0 Å². The highest BCUT2D eigenvalue weighted by molar-refractivity contribution is 7.88. The van der Waals surface area contributed by atoms with Crippen molar-refractivity contribution in [3.63, 3.8) is 0 Å². The summed E-state index contributed by atoms with van der Waals surface area (Å²) < 4.78 is 136. The fourth-order valence-corrected chi connectivity index (χ4v) is 13.4. The number of nitrogens with zero attached hydrogens (tertiary/aromatic N) is 8. The molecule has 83 heavy (non-hydrogen) atoms. The highest BCUT2D eigenvalue weighted by Crippen LogP contribution is 2.47. The van der Waals surface area contributed by atoms with Gasteiger partial charge in [-0.3, -0.25) is 4.79 Å². The minimum atomic E-state index is -5.46. The Labute approximate surface area is 466 Å². The first-order chi connectivity index (χ1) is 39.4. The number of carbonyl (C=O) groups excluding carboxylic acids is 1. The molecule has 0 fully saturated rings. The van der Waals surface area contributed by atoms with Gasteiger partial charge in [-0.2, -0.15) is 33.7 Å². The largest absolute Gasteiger partial charge is 0.867 e. The van der Waals surface area contributed by atoms with Crippen LogP contribution in [0.3, 0.4) is 0 Å². The number of hydrogen-bond donors (Lipinski definition) is 1. The van der Waals surface area contributed by atoms with Crippen LogP contribution in [0, 0.1) is 21.6 Å². The monoisotopic (exact) mass is 1190 g/mol. The molecule has 0 bridgehead atoms. The summed E-state index contributed by atoms with van der Waals surface area (Å²) in [5, 5.41) is 99.3. The van der Waals surface area contributed by atoms with Gasteiger partial charge in [-0.05, 0) is 117 Å². The molecule has 0 aliphatic heterocycles. The lowest BCUT2D eigenvalue weighted by atomic mass is 10.0. The van der Waals surface area contributed by atoms with E-state index in [0.29, 0.717) is 18.2 Å². The Kier molecular flexibility index (Phi) is 13.5. The molecule has 26 nitrogen and oxygen atoms in total. The summed E-state index contributed by atoms with van der Waals surface area (Å²) >= 11 is 0. The van der Waals surface area contributed by atoms with Crippen molar-refractivity contribution in [1.82, 2.24) is 0 Å². The molecule has 0 radical (unpaired) electrons. The predicted octanol–water partition coefficient (Wildman–Crippen LogP) is 8.54. The van der Waals surface area contributed by atoms with Gasteiger partial charge < -0.3 is 42.3 Å². The molecule has 0 saturated heterocycles. The van der Waals surface area contributed by atoms with E-state index in [-0.39, 0.29) is 43.1 Å². The van der Waals surface area contributed by atoms with Gasteiger partial charge in [0, 0.05) is 51.9 Å². The van der Waals surface area contributed by atoms with Gasteiger partial charge in [0.05, 0.1) is 11.1 Å². The molecule has 0 unspecified atom stereocenters. The Bertz CT molecular complexity index is 5210. The van der Waals surface area contributed by atoms with Gasteiger partial charge in [0.25, 0.3) is 0 Å². The highest BCUT2D eigenvalue weighted by Gasteiger charge is 2.34. The maximum atomic E-state index is 15.0. The standard InChI is InChI=1S/C53H26N8O18S4/c54-58-37-20-15-27-31(48(37)63)5-1-9-43(27)80(68,69)76-26-13-14-35(42(25-26)78-82(72,73)45-11-3-7-33-29(45)17-22-39(60-56)50(33)65)47(62)36-19-24-41(77-81(70,71)44-10-2-6-32-28(44)16-21-38(59-55)49(32)64)53(52(36)67)79-83(74,75)46-12-4-8-34-30(46)18-23-40(61-57)51(34)66/h1-25H,(H-4,62,63,64,65,66,67). The molecule has 0 heterocycles. The molecule has 0 saturated carbocycles. The van der Waals surface area contributed by atoms with E-state index >= 15 is 0 Å². The quantitative estimate of drug-likeness (QED) is 0.0605. The van der Waals surface area contributed by atoms with Crippen molar-refractivity contribution >= 4 is 112 Å². The van der Waals surface area contributed by atoms with Gasteiger partial charge in [0.15, 0.2) is 37.2 Å². The molecule has 1 N–H and O–H groups in total. The average Bonchev–Trinajstić information content (AvgIpc) is 2.73. The number of rotatable bonds is 14. The Morgan fingerprint density at radius 3 is 1.06 bits per heavy atom. The van der Waals surface area contributed by atoms with Crippen molar-refractivity contribution in [1.29, 1.82) is 21.6 Å². The molecular formula is C53H26N8O18S4. The normalized spacial score (nSPS) is 11.8. The Morgan fingerprint density at radius 1 is 0.373 bits per heavy atom. The molecule has 10 aromatic carbocycles. The van der Waals surface area contributed by atoms with E-state index in [0.717, 1.165) is 115 Å². The number of hydrogen-bond acceptors (Lipinski definition) is 22. The average molecular weight is 1190 g/mol. The third kappa shape index (κ3) is 9.54. The maximum Gasteiger partial charge on any atom is 0.378 e. The Hall–Kier alpha value is -11.4. The number of benzene rings is 10. The van der Waals surface area contributed by atoms with Crippen molar-refractivity contribution in [2.45, 2.75) is 19.6 Å². The summed E-state index contributed by atoms with van der Waals surface area (Å²) in [6, 6.07) is 24.8. The van der Waals surface area contributed by atoms with E-state index in [4.69, 9.17) is 16.7 Å². The number of fused-ring (bicyclic) bond motifs is 4. The molecule has 0 spiro atoms. The van der Waals surface area contributed by atoms with Crippen molar-refractivity contribution in [2.75, 3.05) is 0 Å². The van der Waals surface area contributed by atoms with E-state index in [1.807, 2.05) is 0 Å². The zero-order chi connectivity index (χ0) is 59.5. The minimum Gasteiger partial charge on any atom is -0.867 e. The molecule has 0 amide bonds. The van der Waals surface area contributed by atoms with E-state index < -0.39 is 151 Å². The van der Waals surface area contributed by atoms with E-state index in [9.17, 15) is 85.6 Å². The summed E-state index contributed by atoms with van der Waals surface area (Å²) in [6.07, 6.45) is 0. The van der Waals surface area contributed by atoms with Crippen LogP contribution < -0.4 is 37.2 Å². The fourth-order valence-electron chi connectivity index (χ4n) is 8.84. The van der Waals surface area contributed by atoms with Gasteiger partial charge in [-0.1, -0.05) is 48.5 Å². The Morgan fingerprint density at radius 2 is 0.699 bits per heavy atom. The lowest BCUT2D eigenvalue weighted by molar-refractivity contribution is -0.265. The third-order valence-electron chi connectivity index (χ3n) is 12.6. The number of ketones is 1. The SMILES string of the molecule is N#[N+]c1ccc2c(S(=O)(=O)Oc3ccc(C(=O)c4ccc(OS(=O)(=O)c5cccc6c([O-])c([N+]#N)ccc56)c(OS(=O)(=O)c5cccc6c([O-])c([N+]#N)ccc56)c4O)c(OS(=O)(=O)c4cccc5c([O-])c([N+]#N)ccc45)c3)cccc2c1[O-]. The van der Waals surface area contributed by atoms with Gasteiger partial charge in [-0.25, -0.2) is 0 Å². The first kappa shape index (κ1) is 54.9. The van der Waals surface area contributed by atoms with Gasteiger partial charge >= 0.3 is 63.2 Å². The number of phenols is 1. The summed E-state index contributed by atoms with van der Waals surface area (Å²) in [7, 11) is -21.2. The van der Waals surface area contributed by atoms with Crippen molar-refractivity contribution < 1.29 is 80.7 Å². The lowest BCUT2D eigenvalue weighted by Crippen LogP contribution is -2.16. The lowest BCUT2D eigenvalue weighted by Gasteiger charge is -2.18. The second-order valence-corrected chi connectivity index (χ2v) is 23.4. The smallest absolute Gasteiger partial charge is 0.378 e. The van der Waals surface area contributed by atoms with Gasteiger partial charge in [-0.15, -0.1) is 0 Å². The molecular weight excluding hydrogens is 1160 g/mol. The summed E-state index contributed by atoms with van der Waals surface area (Å²) in [4.78, 5) is 23.6. The summed E-state index contributed by atoms with van der Waals surface area (Å²) in [5.74, 6) is -11.3. The van der Waals surface area contributed by atoms with Crippen LogP contribution in [0.4, 0.5) is 22.7 Å². The third-order valence-corrected chi connectivity index (χ3v) is 17.8. The molecule has 0 atom stereocenters. The van der Waals surface area contributed by atoms with Crippen LogP contribution in [0.25, 0.3) is 63.0 Å².